The number of hydrogen-bond acceptors (Lipinski definition) is 4. The van der Waals surface area contributed by atoms with Crippen molar-refractivity contribution in [2.75, 3.05) is 0 Å². The predicted molar refractivity (Wildman–Crippen MR) is 11.1 cm³/mol. The van der Waals surface area contributed by atoms with Gasteiger partial charge in [0.1, 0.15) is 0 Å². The first-order chi connectivity index (χ1) is 3.00. The van der Waals surface area contributed by atoms with Crippen molar-refractivity contribution in [3.8, 4) is 0 Å². The molecule has 0 unspecified atom stereocenters. The Morgan fingerprint density at radius 1 is 1.00 bits per heavy atom. The van der Waals surface area contributed by atoms with Crippen molar-refractivity contribution < 1.29 is 41.6 Å². The van der Waals surface area contributed by atoms with Crippen molar-refractivity contribution in [2.45, 2.75) is 0 Å². The van der Waals surface area contributed by atoms with E-state index in [1.54, 1.807) is 0 Å². The predicted octanol–water partition coefficient (Wildman–Crippen LogP) is -1.34. The molecule has 0 atom stereocenters. The van der Waals surface area contributed by atoms with Crippen molar-refractivity contribution in [1.82, 2.24) is 0 Å². The summed E-state index contributed by atoms with van der Waals surface area (Å²) in [6, 6.07) is 0. The first-order valence-electron chi connectivity index (χ1n) is 0.898. The summed E-state index contributed by atoms with van der Waals surface area (Å²) >= 11 is -5.67. The Morgan fingerprint density at radius 3 is 1.00 bits per heavy atom. The molecule has 0 aliphatic rings. The molecule has 0 aromatic carbocycles. The van der Waals surface area contributed by atoms with Gasteiger partial charge >= 0.3 is 31.1 Å². The topological polar surface area (TPSA) is 115 Å². The van der Waals surface area contributed by atoms with Gasteiger partial charge in [-0.05, 0) is 0 Å². The number of hydrogen-bond donors (Lipinski definition) is 4. The second-order valence-electron chi connectivity index (χ2n) is 0.448. The summed E-state index contributed by atoms with van der Waals surface area (Å²) in [6.07, 6.45) is 0. The maximum absolute atomic E-state index is 8.87. The van der Waals surface area contributed by atoms with Crippen LogP contribution in [-0.4, -0.2) is 18.0 Å². The van der Waals surface area contributed by atoms with Crippen LogP contribution in [0.1, 0.15) is 0 Å². The molecule has 6 nitrogen and oxygen atoms in total. The van der Waals surface area contributed by atoms with Crippen LogP contribution in [0.25, 0.3) is 0 Å². The molecular formula is H4O6W. The van der Waals surface area contributed by atoms with E-state index in [-0.39, 0.29) is 0 Å². The van der Waals surface area contributed by atoms with Crippen molar-refractivity contribution in [2.24, 2.45) is 0 Å². The van der Waals surface area contributed by atoms with E-state index in [1.165, 1.54) is 0 Å². The molecule has 0 fully saturated rings. The van der Waals surface area contributed by atoms with Crippen molar-refractivity contribution in [3.63, 3.8) is 0 Å². The van der Waals surface area contributed by atoms with Crippen molar-refractivity contribution in [3.05, 3.63) is 0 Å². The molecular weight excluding hydrogens is 280 g/mol. The van der Waals surface area contributed by atoms with Crippen LogP contribution in [0.4, 0.5) is 0 Å². The van der Waals surface area contributed by atoms with Crippen LogP contribution in [-0.2, 0) is 23.5 Å². The molecule has 0 aliphatic carbocycles. The Morgan fingerprint density at radius 2 is 1.00 bits per heavy atom. The minimum atomic E-state index is -5.67. The third-order valence-electron chi connectivity index (χ3n) is 0. The zero-order valence-corrected chi connectivity index (χ0v) is 5.95. The van der Waals surface area contributed by atoms with Crippen LogP contribution in [0.5, 0.6) is 0 Å². The summed E-state index contributed by atoms with van der Waals surface area (Å²) in [6.45, 7) is 0. The van der Waals surface area contributed by atoms with Gasteiger partial charge in [0.25, 0.3) is 0 Å². The van der Waals surface area contributed by atoms with Crippen LogP contribution in [0.15, 0.2) is 0 Å². The normalized spacial score (nSPS) is 9.14. The molecule has 0 bridgehead atoms. The molecule has 0 aromatic heterocycles. The Balaban J connectivity index is 0. The van der Waals surface area contributed by atoms with E-state index in [0.717, 1.165) is 0 Å². The molecule has 0 aromatic rings. The molecule has 46 valence electrons. The molecule has 0 rings (SSSR count). The monoisotopic (exact) mass is 284 g/mol. The van der Waals surface area contributed by atoms with E-state index in [0.29, 0.717) is 0 Å². The zero-order valence-electron chi connectivity index (χ0n) is 3.01. The Labute approximate surface area is 42.3 Å². The van der Waals surface area contributed by atoms with E-state index in [1.807, 2.05) is 0 Å². The summed E-state index contributed by atoms with van der Waals surface area (Å²) in [5.41, 5.74) is 0. The molecule has 7 heavy (non-hydrogen) atoms. The molecule has 0 aliphatic heterocycles. The summed E-state index contributed by atoms with van der Waals surface area (Å²) < 4.78 is 32.1. The third-order valence-corrected chi connectivity index (χ3v) is 0. The molecule has 0 heterocycles. The van der Waals surface area contributed by atoms with Gasteiger partial charge in [0.05, 0.1) is 0 Å². The first kappa shape index (κ1) is 10.2. The molecule has 0 spiro atoms. The summed E-state index contributed by atoms with van der Waals surface area (Å²) in [7, 11) is 0. The van der Waals surface area contributed by atoms with Gasteiger partial charge in [-0.1, -0.05) is 0 Å². The van der Waals surface area contributed by atoms with Gasteiger partial charge in [0.15, 0.2) is 0 Å². The van der Waals surface area contributed by atoms with Gasteiger partial charge in [-0.15, -0.1) is 0 Å². The fourth-order valence-corrected chi connectivity index (χ4v) is 0. The van der Waals surface area contributed by atoms with Crippen LogP contribution >= 0.6 is 0 Å². The SMILES string of the molecule is OO.[O]=[W](=[O])([OH])[OH]. The van der Waals surface area contributed by atoms with E-state index >= 15 is 0 Å². The van der Waals surface area contributed by atoms with Gasteiger partial charge in [0, 0.05) is 0 Å². The Hall–Kier alpha value is 0.128. The average Bonchev–Trinajstić information content (AvgIpc) is 1.36. The van der Waals surface area contributed by atoms with Gasteiger partial charge in [-0.2, -0.15) is 0 Å². The van der Waals surface area contributed by atoms with E-state index in [2.05, 4.69) is 0 Å². The molecule has 4 N–H and O–H groups in total. The Bertz CT molecular complexity index is 87.3. The van der Waals surface area contributed by atoms with E-state index in [4.69, 9.17) is 24.8 Å². The summed E-state index contributed by atoms with van der Waals surface area (Å²) in [5, 5.41) is 12.0. The fraction of sp³-hybridized carbons (Fsp3) is 0. The van der Waals surface area contributed by atoms with E-state index in [9.17, 15) is 0 Å². The van der Waals surface area contributed by atoms with Gasteiger partial charge in [-0.25, -0.2) is 0 Å². The average molecular weight is 284 g/mol. The van der Waals surface area contributed by atoms with Crippen molar-refractivity contribution >= 4 is 0 Å². The third kappa shape index (κ3) is 6340. The van der Waals surface area contributed by atoms with Gasteiger partial charge < -0.3 is 0 Å². The molecule has 0 radical (unpaired) electrons. The van der Waals surface area contributed by atoms with Gasteiger partial charge in [-0.3, -0.25) is 10.5 Å². The second-order valence-corrected chi connectivity index (χ2v) is 3.67. The van der Waals surface area contributed by atoms with Crippen molar-refractivity contribution in [1.29, 1.82) is 0 Å². The molecule has 0 saturated heterocycles. The van der Waals surface area contributed by atoms with Gasteiger partial charge in [0.2, 0.25) is 0 Å². The van der Waals surface area contributed by atoms with E-state index < -0.39 is 16.7 Å². The first-order valence-corrected chi connectivity index (χ1v) is 5.92. The minimum absolute atomic E-state index is 5.67. The Kier molecular flexibility index (Phi) is 6.24. The standard InChI is InChI=1S/H2O2.2H2O.2O.W/c1-2;;;;;/h1-2H;2*1H2;;;/q;;;;;+2/p-2. The van der Waals surface area contributed by atoms with Crippen LogP contribution < -0.4 is 0 Å². The molecule has 0 amide bonds. The quantitative estimate of drug-likeness (QED) is 0.323. The second kappa shape index (κ2) is 4.29. The summed E-state index contributed by atoms with van der Waals surface area (Å²) in [5.74, 6) is 0. The summed E-state index contributed by atoms with van der Waals surface area (Å²) in [4.78, 5) is 0. The van der Waals surface area contributed by atoms with Crippen LogP contribution in [0.2, 0.25) is 0 Å². The fourth-order valence-electron chi connectivity index (χ4n) is 0. The maximum atomic E-state index is 8.87. The molecule has 0 saturated carbocycles. The number of rotatable bonds is 0. The van der Waals surface area contributed by atoms with Crippen LogP contribution in [0.3, 0.4) is 0 Å². The van der Waals surface area contributed by atoms with Crippen LogP contribution in [0, 0.1) is 0 Å². The molecule has 7 heteroatoms. The zero-order chi connectivity index (χ0) is 6.50.